The lowest BCUT2D eigenvalue weighted by Gasteiger charge is -2.06. The molecule has 7 heteroatoms. The molecule has 0 spiro atoms. The van der Waals surface area contributed by atoms with Crippen LogP contribution in [0.1, 0.15) is 21.7 Å². The van der Waals surface area contributed by atoms with E-state index in [1.807, 2.05) is 49.4 Å². The Morgan fingerprint density at radius 2 is 2.00 bits per heavy atom. The van der Waals surface area contributed by atoms with Crippen LogP contribution in [0, 0.1) is 6.92 Å². The SMILES string of the molecule is Cc1cc(C(=O)O)nn1Cc1cc(Cl)cc2sc(-c3ccccc3)nc12. The number of aromatic nitrogens is 3. The second-order valence-corrected chi connectivity index (χ2v) is 7.40. The van der Waals surface area contributed by atoms with E-state index in [0.717, 1.165) is 32.0 Å². The third kappa shape index (κ3) is 3.09. The van der Waals surface area contributed by atoms with Gasteiger partial charge in [-0.1, -0.05) is 41.9 Å². The van der Waals surface area contributed by atoms with Gasteiger partial charge in [-0.25, -0.2) is 9.78 Å². The van der Waals surface area contributed by atoms with Crippen LogP contribution in [0.5, 0.6) is 0 Å². The molecule has 4 rings (SSSR count). The number of rotatable bonds is 4. The van der Waals surface area contributed by atoms with Crippen molar-refractivity contribution < 1.29 is 9.90 Å². The van der Waals surface area contributed by atoms with Crippen molar-refractivity contribution in [2.45, 2.75) is 13.5 Å². The number of benzene rings is 2. The number of halogens is 1. The first kappa shape index (κ1) is 16.8. The predicted octanol–water partition coefficient (Wildman–Crippen LogP) is 4.87. The maximum atomic E-state index is 11.1. The van der Waals surface area contributed by atoms with Crippen molar-refractivity contribution in [2.75, 3.05) is 0 Å². The summed E-state index contributed by atoms with van der Waals surface area (Å²) in [4.78, 5) is 15.9. The summed E-state index contributed by atoms with van der Waals surface area (Å²) in [5.74, 6) is -1.04. The van der Waals surface area contributed by atoms with Crippen LogP contribution in [0.15, 0.2) is 48.5 Å². The average molecular weight is 384 g/mol. The Bertz CT molecular complexity index is 1120. The van der Waals surface area contributed by atoms with Crippen molar-refractivity contribution in [1.29, 1.82) is 0 Å². The van der Waals surface area contributed by atoms with Gasteiger partial charge in [0.25, 0.3) is 0 Å². The van der Waals surface area contributed by atoms with E-state index in [4.69, 9.17) is 21.7 Å². The van der Waals surface area contributed by atoms with Crippen molar-refractivity contribution in [3.8, 4) is 10.6 Å². The third-order valence-corrected chi connectivity index (χ3v) is 5.35. The smallest absolute Gasteiger partial charge is 0.356 e. The van der Waals surface area contributed by atoms with Gasteiger partial charge in [-0.3, -0.25) is 4.68 Å². The summed E-state index contributed by atoms with van der Waals surface area (Å²) in [6, 6.07) is 15.3. The summed E-state index contributed by atoms with van der Waals surface area (Å²) in [5, 5.41) is 14.8. The molecule has 0 bridgehead atoms. The van der Waals surface area contributed by atoms with Crippen LogP contribution in [-0.4, -0.2) is 25.8 Å². The highest BCUT2D eigenvalue weighted by atomic mass is 35.5. The van der Waals surface area contributed by atoms with Crippen molar-refractivity contribution in [3.63, 3.8) is 0 Å². The van der Waals surface area contributed by atoms with Crippen LogP contribution >= 0.6 is 22.9 Å². The first-order valence-corrected chi connectivity index (χ1v) is 9.13. The molecular formula is C19H14ClN3O2S. The van der Waals surface area contributed by atoms with E-state index in [0.29, 0.717) is 11.6 Å². The van der Waals surface area contributed by atoms with Gasteiger partial charge >= 0.3 is 5.97 Å². The fourth-order valence-corrected chi connectivity index (χ4v) is 4.19. The van der Waals surface area contributed by atoms with Gasteiger partial charge in [-0.15, -0.1) is 11.3 Å². The zero-order valence-corrected chi connectivity index (χ0v) is 15.4. The second-order valence-electron chi connectivity index (χ2n) is 5.93. The summed E-state index contributed by atoms with van der Waals surface area (Å²) in [6.45, 7) is 2.24. The van der Waals surface area contributed by atoms with E-state index in [1.54, 1.807) is 22.1 Å². The molecule has 0 fully saturated rings. The predicted molar refractivity (Wildman–Crippen MR) is 103 cm³/mol. The molecule has 0 amide bonds. The maximum Gasteiger partial charge on any atom is 0.356 e. The molecule has 0 unspecified atom stereocenters. The molecule has 2 aromatic heterocycles. The van der Waals surface area contributed by atoms with Crippen molar-refractivity contribution in [3.05, 3.63) is 70.5 Å². The van der Waals surface area contributed by atoms with Crippen molar-refractivity contribution in [1.82, 2.24) is 14.8 Å². The molecule has 2 aromatic carbocycles. The molecule has 0 saturated carbocycles. The fraction of sp³-hybridized carbons (Fsp3) is 0.105. The van der Waals surface area contributed by atoms with Crippen LogP contribution in [-0.2, 0) is 6.54 Å². The second kappa shape index (κ2) is 6.55. The molecule has 1 N–H and O–H groups in total. The lowest BCUT2D eigenvalue weighted by Crippen LogP contribution is -2.06. The molecule has 4 aromatic rings. The normalized spacial score (nSPS) is 11.2. The minimum absolute atomic E-state index is 0.0315. The average Bonchev–Trinajstić information content (AvgIpc) is 3.20. The van der Waals surface area contributed by atoms with Gasteiger partial charge < -0.3 is 5.11 Å². The molecule has 5 nitrogen and oxygen atoms in total. The lowest BCUT2D eigenvalue weighted by molar-refractivity contribution is 0.0689. The number of hydrogen-bond donors (Lipinski definition) is 1. The quantitative estimate of drug-likeness (QED) is 0.546. The summed E-state index contributed by atoms with van der Waals surface area (Å²) in [7, 11) is 0. The number of carboxylic acid groups (broad SMARTS) is 1. The number of aryl methyl sites for hydroxylation is 1. The molecule has 0 radical (unpaired) electrons. The van der Waals surface area contributed by atoms with Gasteiger partial charge in [0.2, 0.25) is 0 Å². The molecule has 2 heterocycles. The molecular weight excluding hydrogens is 370 g/mol. The first-order chi connectivity index (χ1) is 12.5. The van der Waals surface area contributed by atoms with E-state index >= 15 is 0 Å². The minimum Gasteiger partial charge on any atom is -0.476 e. The Labute approximate surface area is 158 Å². The van der Waals surface area contributed by atoms with Gasteiger partial charge in [0.15, 0.2) is 5.69 Å². The summed E-state index contributed by atoms with van der Waals surface area (Å²) in [5.41, 5.74) is 3.64. The van der Waals surface area contributed by atoms with Gasteiger partial charge in [0, 0.05) is 21.8 Å². The fourth-order valence-electron chi connectivity index (χ4n) is 2.82. The van der Waals surface area contributed by atoms with Crippen LogP contribution in [0.2, 0.25) is 5.02 Å². The van der Waals surface area contributed by atoms with Crippen molar-refractivity contribution >= 4 is 39.1 Å². The Balaban J connectivity index is 1.80. The van der Waals surface area contributed by atoms with Crippen LogP contribution in [0.4, 0.5) is 0 Å². The zero-order valence-electron chi connectivity index (χ0n) is 13.8. The lowest BCUT2D eigenvalue weighted by atomic mass is 10.2. The van der Waals surface area contributed by atoms with E-state index in [1.165, 1.54) is 0 Å². The summed E-state index contributed by atoms with van der Waals surface area (Å²) < 4.78 is 2.66. The highest BCUT2D eigenvalue weighted by Gasteiger charge is 2.15. The van der Waals surface area contributed by atoms with E-state index in [2.05, 4.69) is 5.10 Å². The Hall–Kier alpha value is -2.70. The number of aromatic carboxylic acids is 1. The highest BCUT2D eigenvalue weighted by molar-refractivity contribution is 7.21. The maximum absolute atomic E-state index is 11.1. The Morgan fingerprint density at radius 1 is 1.23 bits per heavy atom. The van der Waals surface area contributed by atoms with E-state index in [9.17, 15) is 4.79 Å². The highest BCUT2D eigenvalue weighted by Crippen LogP contribution is 2.34. The number of thiazole rings is 1. The summed E-state index contributed by atoms with van der Waals surface area (Å²) >= 11 is 7.88. The monoisotopic (exact) mass is 383 g/mol. The standard InChI is InChI=1S/C19H14ClN3O2S/c1-11-7-15(19(24)25)22-23(11)10-13-8-14(20)9-16-17(13)21-18(26-16)12-5-3-2-4-6-12/h2-9H,10H2,1H3,(H,24,25). The van der Waals surface area contributed by atoms with Gasteiger partial charge in [0.1, 0.15) is 5.01 Å². The minimum atomic E-state index is -1.04. The molecule has 26 heavy (non-hydrogen) atoms. The largest absolute Gasteiger partial charge is 0.476 e. The number of nitrogens with zero attached hydrogens (tertiary/aromatic N) is 3. The zero-order chi connectivity index (χ0) is 18.3. The summed E-state index contributed by atoms with van der Waals surface area (Å²) in [6.07, 6.45) is 0. The van der Waals surface area contributed by atoms with E-state index < -0.39 is 5.97 Å². The van der Waals surface area contributed by atoms with E-state index in [-0.39, 0.29) is 5.69 Å². The Morgan fingerprint density at radius 3 is 2.69 bits per heavy atom. The molecule has 0 atom stereocenters. The first-order valence-electron chi connectivity index (χ1n) is 7.93. The Kier molecular flexibility index (Phi) is 4.22. The molecule has 0 saturated heterocycles. The van der Waals surface area contributed by atoms with Crippen LogP contribution in [0.25, 0.3) is 20.8 Å². The van der Waals surface area contributed by atoms with Gasteiger partial charge in [-0.2, -0.15) is 5.10 Å². The van der Waals surface area contributed by atoms with Crippen LogP contribution < -0.4 is 0 Å². The molecule has 0 aliphatic rings. The number of hydrogen-bond acceptors (Lipinski definition) is 4. The molecule has 130 valence electrons. The van der Waals surface area contributed by atoms with Crippen molar-refractivity contribution in [2.24, 2.45) is 0 Å². The van der Waals surface area contributed by atoms with Gasteiger partial charge in [0.05, 0.1) is 16.8 Å². The number of carbonyl (C=O) groups is 1. The third-order valence-electron chi connectivity index (χ3n) is 4.08. The number of fused-ring (bicyclic) bond motifs is 1. The molecule has 0 aliphatic carbocycles. The molecule has 0 aliphatic heterocycles. The topological polar surface area (TPSA) is 68.0 Å². The van der Waals surface area contributed by atoms with Crippen LogP contribution in [0.3, 0.4) is 0 Å². The van der Waals surface area contributed by atoms with Gasteiger partial charge in [-0.05, 0) is 25.1 Å². The number of carboxylic acids is 1.